The van der Waals surface area contributed by atoms with E-state index >= 15 is 0 Å². The molecule has 2 N–H and O–H groups in total. The quantitative estimate of drug-likeness (QED) is 0.832. The Morgan fingerprint density at radius 2 is 2.10 bits per heavy atom. The average molecular weight is 317 g/mol. The number of carbonyl (C=O) groups is 1. The lowest BCUT2D eigenvalue weighted by Crippen LogP contribution is -2.26. The van der Waals surface area contributed by atoms with Crippen molar-refractivity contribution in [1.29, 1.82) is 0 Å². The largest absolute Gasteiger partial charge is 0.351 e. The number of amides is 1. The van der Waals surface area contributed by atoms with E-state index in [1.807, 2.05) is 13.1 Å². The Morgan fingerprint density at radius 3 is 2.75 bits per heavy atom. The highest BCUT2D eigenvalue weighted by Crippen LogP contribution is 2.32. The van der Waals surface area contributed by atoms with Crippen molar-refractivity contribution in [1.82, 2.24) is 10.6 Å². The maximum atomic E-state index is 13.7. The van der Waals surface area contributed by atoms with E-state index in [-0.39, 0.29) is 24.1 Å². The van der Waals surface area contributed by atoms with Crippen LogP contribution in [0.15, 0.2) is 18.2 Å². The van der Waals surface area contributed by atoms with Crippen LogP contribution in [-0.4, -0.2) is 26.0 Å². The van der Waals surface area contributed by atoms with Gasteiger partial charge in [0.25, 0.3) is 5.91 Å². The smallest absolute Gasteiger partial charge is 0.261 e. The Bertz CT molecular complexity index is 600. The van der Waals surface area contributed by atoms with E-state index in [9.17, 15) is 9.18 Å². The SMILES string of the molecule is CNCCCNC(=O)c1sc2cccc(F)c2c1C.Cl. The molecule has 6 heteroatoms. The minimum Gasteiger partial charge on any atom is -0.351 e. The molecule has 0 bridgehead atoms. The molecule has 0 saturated carbocycles. The molecule has 0 fully saturated rings. The summed E-state index contributed by atoms with van der Waals surface area (Å²) in [5.41, 5.74) is 0.726. The van der Waals surface area contributed by atoms with Crippen LogP contribution >= 0.6 is 23.7 Å². The first-order valence-electron chi connectivity index (χ1n) is 6.25. The summed E-state index contributed by atoms with van der Waals surface area (Å²) in [7, 11) is 1.88. The van der Waals surface area contributed by atoms with Crippen molar-refractivity contribution in [2.45, 2.75) is 13.3 Å². The van der Waals surface area contributed by atoms with Crippen LogP contribution in [0.2, 0.25) is 0 Å². The normalized spacial score (nSPS) is 10.3. The molecular formula is C14H18ClFN2OS. The number of aryl methyl sites for hydroxylation is 1. The van der Waals surface area contributed by atoms with Gasteiger partial charge in [-0.25, -0.2) is 4.39 Å². The lowest BCUT2D eigenvalue weighted by atomic mass is 10.1. The second-order valence-corrected chi connectivity index (χ2v) is 5.43. The third kappa shape index (κ3) is 3.48. The fourth-order valence-electron chi connectivity index (χ4n) is 2.02. The Hall–Kier alpha value is -1.17. The van der Waals surface area contributed by atoms with E-state index in [1.165, 1.54) is 17.4 Å². The first kappa shape index (κ1) is 16.9. The molecular weight excluding hydrogens is 299 g/mol. The first-order chi connectivity index (χ1) is 9.15. The van der Waals surface area contributed by atoms with Crippen molar-refractivity contribution in [3.8, 4) is 0 Å². The molecule has 1 heterocycles. The van der Waals surface area contributed by atoms with Crippen molar-refractivity contribution in [3.63, 3.8) is 0 Å². The van der Waals surface area contributed by atoms with E-state index in [4.69, 9.17) is 0 Å². The average Bonchev–Trinajstić information content (AvgIpc) is 2.73. The van der Waals surface area contributed by atoms with Gasteiger partial charge in [0.05, 0.1) is 4.88 Å². The number of thiophene rings is 1. The monoisotopic (exact) mass is 316 g/mol. The van der Waals surface area contributed by atoms with Crippen LogP contribution in [0, 0.1) is 12.7 Å². The standard InChI is InChI=1S/C14H17FN2OS.ClH/c1-9-12-10(15)5-3-6-11(12)19-13(9)14(18)17-8-4-7-16-2;/h3,5-6,16H,4,7-8H2,1-2H3,(H,17,18);1H. The van der Waals surface area contributed by atoms with Gasteiger partial charge in [-0.1, -0.05) is 6.07 Å². The third-order valence-electron chi connectivity index (χ3n) is 3.00. The van der Waals surface area contributed by atoms with Gasteiger partial charge in [-0.05, 0) is 44.6 Å². The maximum absolute atomic E-state index is 13.7. The molecule has 3 nitrogen and oxygen atoms in total. The van der Waals surface area contributed by atoms with Crippen LogP contribution in [0.25, 0.3) is 10.1 Å². The molecule has 2 rings (SSSR count). The first-order valence-corrected chi connectivity index (χ1v) is 7.07. The second-order valence-electron chi connectivity index (χ2n) is 4.38. The van der Waals surface area contributed by atoms with E-state index in [0.717, 1.165) is 23.2 Å². The molecule has 1 amide bonds. The van der Waals surface area contributed by atoms with Gasteiger partial charge in [0.2, 0.25) is 0 Å². The molecule has 0 aliphatic carbocycles. The van der Waals surface area contributed by atoms with Gasteiger partial charge in [0.1, 0.15) is 5.82 Å². The van der Waals surface area contributed by atoms with Crippen LogP contribution in [-0.2, 0) is 0 Å². The molecule has 2 aromatic rings. The van der Waals surface area contributed by atoms with Crippen LogP contribution < -0.4 is 10.6 Å². The zero-order valence-electron chi connectivity index (χ0n) is 11.5. The molecule has 0 aliphatic heterocycles. The van der Waals surface area contributed by atoms with E-state index in [2.05, 4.69) is 10.6 Å². The van der Waals surface area contributed by atoms with Crippen LogP contribution in [0.3, 0.4) is 0 Å². The summed E-state index contributed by atoms with van der Waals surface area (Å²) in [5, 5.41) is 6.45. The molecule has 0 unspecified atom stereocenters. The number of carbonyl (C=O) groups excluding carboxylic acids is 1. The fourth-order valence-corrected chi connectivity index (χ4v) is 3.16. The Balaban J connectivity index is 0.00000200. The van der Waals surface area contributed by atoms with Gasteiger partial charge < -0.3 is 10.6 Å². The lowest BCUT2D eigenvalue weighted by Gasteiger charge is -2.04. The van der Waals surface area contributed by atoms with Gasteiger partial charge in [0.15, 0.2) is 0 Å². The lowest BCUT2D eigenvalue weighted by molar-refractivity contribution is 0.0957. The van der Waals surface area contributed by atoms with Gasteiger partial charge in [-0.15, -0.1) is 23.7 Å². The molecule has 20 heavy (non-hydrogen) atoms. The number of halogens is 2. The summed E-state index contributed by atoms with van der Waals surface area (Å²) in [6.07, 6.45) is 0.876. The van der Waals surface area contributed by atoms with E-state index in [0.29, 0.717) is 16.8 Å². The van der Waals surface area contributed by atoms with Gasteiger partial charge in [-0.3, -0.25) is 4.79 Å². The van der Waals surface area contributed by atoms with Gasteiger partial charge >= 0.3 is 0 Å². The highest BCUT2D eigenvalue weighted by Gasteiger charge is 2.17. The van der Waals surface area contributed by atoms with Crippen LogP contribution in [0.4, 0.5) is 4.39 Å². The van der Waals surface area contributed by atoms with Crippen molar-refractivity contribution >= 4 is 39.7 Å². The number of nitrogens with one attached hydrogen (secondary N) is 2. The highest BCUT2D eigenvalue weighted by molar-refractivity contribution is 7.21. The fraction of sp³-hybridized carbons (Fsp3) is 0.357. The Labute approximate surface area is 128 Å². The Morgan fingerprint density at radius 1 is 1.35 bits per heavy atom. The molecule has 110 valence electrons. The molecule has 0 aliphatic rings. The number of hydrogen-bond acceptors (Lipinski definition) is 3. The summed E-state index contributed by atoms with van der Waals surface area (Å²) in [6.45, 7) is 3.28. The van der Waals surface area contributed by atoms with Crippen LogP contribution in [0.5, 0.6) is 0 Å². The number of fused-ring (bicyclic) bond motifs is 1. The maximum Gasteiger partial charge on any atom is 0.261 e. The van der Waals surface area contributed by atoms with Crippen LogP contribution in [0.1, 0.15) is 21.7 Å². The van der Waals surface area contributed by atoms with E-state index < -0.39 is 0 Å². The van der Waals surface area contributed by atoms with Gasteiger partial charge in [0, 0.05) is 16.6 Å². The predicted molar refractivity (Wildman–Crippen MR) is 84.6 cm³/mol. The third-order valence-corrected chi connectivity index (χ3v) is 4.25. The topological polar surface area (TPSA) is 41.1 Å². The summed E-state index contributed by atoms with van der Waals surface area (Å²) in [6, 6.07) is 4.94. The molecule has 1 aromatic heterocycles. The van der Waals surface area contributed by atoms with Crippen molar-refractivity contribution in [2.75, 3.05) is 20.1 Å². The Kier molecular flexibility index (Phi) is 6.39. The zero-order valence-corrected chi connectivity index (χ0v) is 13.1. The minimum atomic E-state index is -0.263. The predicted octanol–water partition coefficient (Wildman–Crippen LogP) is 3.11. The number of rotatable bonds is 5. The molecule has 1 aromatic carbocycles. The molecule has 0 atom stereocenters. The number of benzene rings is 1. The summed E-state index contributed by atoms with van der Waals surface area (Å²) in [4.78, 5) is 12.7. The summed E-state index contributed by atoms with van der Waals surface area (Å²) < 4.78 is 14.6. The summed E-state index contributed by atoms with van der Waals surface area (Å²) >= 11 is 1.34. The minimum absolute atomic E-state index is 0. The summed E-state index contributed by atoms with van der Waals surface area (Å²) in [5.74, 6) is -0.380. The van der Waals surface area contributed by atoms with E-state index in [1.54, 1.807) is 13.0 Å². The zero-order chi connectivity index (χ0) is 13.8. The van der Waals surface area contributed by atoms with Gasteiger partial charge in [-0.2, -0.15) is 0 Å². The van der Waals surface area contributed by atoms with Crippen molar-refractivity contribution in [3.05, 3.63) is 34.5 Å². The molecule has 0 spiro atoms. The second kappa shape index (κ2) is 7.57. The number of hydrogen-bond donors (Lipinski definition) is 2. The highest BCUT2D eigenvalue weighted by atomic mass is 35.5. The van der Waals surface area contributed by atoms with Crippen molar-refractivity contribution in [2.24, 2.45) is 0 Å². The molecule has 0 saturated heterocycles. The van der Waals surface area contributed by atoms with Crippen molar-refractivity contribution < 1.29 is 9.18 Å². The molecule has 0 radical (unpaired) electrons.